The minimum Gasteiger partial charge on any atom is -0.207 e. The van der Waals surface area contributed by atoms with Gasteiger partial charge in [0.15, 0.2) is 0 Å². The Hall–Kier alpha value is -0.000000000000000111. The highest BCUT2D eigenvalue weighted by atomic mass is 35.5. The minimum atomic E-state index is -3.62. The van der Waals surface area contributed by atoms with Gasteiger partial charge in [0.05, 0.1) is 5.02 Å². The van der Waals surface area contributed by atoms with Gasteiger partial charge in [-0.15, -0.1) is 11.6 Å². The second-order valence-electron chi connectivity index (χ2n) is 4.45. The molecule has 7 heteroatoms. The summed E-state index contributed by atoms with van der Waals surface area (Å²) in [5.41, 5.74) is 0.529. The fourth-order valence-electron chi connectivity index (χ4n) is 2.02. The van der Waals surface area contributed by atoms with Crippen molar-refractivity contribution in [3.05, 3.63) is 27.7 Å². The van der Waals surface area contributed by atoms with Crippen molar-refractivity contribution in [3.63, 3.8) is 0 Å². The van der Waals surface area contributed by atoms with E-state index in [1.165, 1.54) is 10.4 Å². The fraction of sp³-hybridized carbons (Fsp3) is 0.500. The lowest BCUT2D eigenvalue weighted by Crippen LogP contribution is -2.33. The lowest BCUT2D eigenvalue weighted by molar-refractivity contribution is 0.421. The molecular weight excluding hydrogens is 329 g/mol. The Kier molecular flexibility index (Phi) is 4.68. The van der Waals surface area contributed by atoms with Crippen molar-refractivity contribution < 1.29 is 8.42 Å². The quantitative estimate of drug-likeness (QED) is 0.761. The summed E-state index contributed by atoms with van der Waals surface area (Å²) >= 11 is 17.9. The van der Waals surface area contributed by atoms with E-state index in [-0.39, 0.29) is 21.8 Å². The highest BCUT2D eigenvalue weighted by Gasteiger charge is 2.38. The maximum absolute atomic E-state index is 12.6. The molecule has 19 heavy (non-hydrogen) atoms. The van der Waals surface area contributed by atoms with Gasteiger partial charge >= 0.3 is 0 Å². The standard InChI is InChI=1S/C12H14Cl3NO2S/c1-2-16(10-3-4-10)19(17,18)11-6-9(14)5-8(7-13)12(11)15/h5-6,10H,2-4,7H2,1H3. The lowest BCUT2D eigenvalue weighted by atomic mass is 10.2. The van der Waals surface area contributed by atoms with Crippen molar-refractivity contribution in [2.45, 2.75) is 36.6 Å². The first-order valence-electron chi connectivity index (χ1n) is 5.97. The molecule has 3 nitrogen and oxygen atoms in total. The monoisotopic (exact) mass is 341 g/mol. The van der Waals surface area contributed by atoms with Crippen LogP contribution in [-0.4, -0.2) is 25.3 Å². The maximum atomic E-state index is 12.6. The highest BCUT2D eigenvalue weighted by molar-refractivity contribution is 7.89. The molecule has 0 saturated heterocycles. The summed E-state index contributed by atoms with van der Waals surface area (Å²) in [6.45, 7) is 2.24. The third-order valence-corrected chi connectivity index (χ3v) is 6.19. The Morgan fingerprint density at radius 3 is 2.42 bits per heavy atom. The van der Waals surface area contributed by atoms with Crippen LogP contribution in [-0.2, 0) is 15.9 Å². The van der Waals surface area contributed by atoms with Crippen LogP contribution in [0.1, 0.15) is 25.3 Å². The molecule has 1 saturated carbocycles. The predicted octanol–water partition coefficient (Wildman–Crippen LogP) is 3.91. The molecule has 0 atom stereocenters. The molecule has 0 spiro atoms. The van der Waals surface area contributed by atoms with Crippen LogP contribution in [0.3, 0.4) is 0 Å². The van der Waals surface area contributed by atoms with Crippen molar-refractivity contribution in [2.24, 2.45) is 0 Å². The highest BCUT2D eigenvalue weighted by Crippen LogP contribution is 2.36. The van der Waals surface area contributed by atoms with E-state index in [9.17, 15) is 8.42 Å². The maximum Gasteiger partial charge on any atom is 0.244 e. The molecule has 0 N–H and O–H groups in total. The number of halogens is 3. The normalized spacial score (nSPS) is 16.1. The van der Waals surface area contributed by atoms with E-state index in [1.54, 1.807) is 6.07 Å². The number of rotatable bonds is 5. The van der Waals surface area contributed by atoms with Crippen LogP contribution >= 0.6 is 34.8 Å². The van der Waals surface area contributed by atoms with Crippen molar-refractivity contribution in [3.8, 4) is 0 Å². The first-order chi connectivity index (χ1) is 8.91. The van der Waals surface area contributed by atoms with Crippen LogP contribution in [0.2, 0.25) is 10.0 Å². The SMILES string of the molecule is CCN(C1CC1)S(=O)(=O)c1cc(Cl)cc(CCl)c1Cl. The van der Waals surface area contributed by atoms with E-state index in [1.807, 2.05) is 6.92 Å². The Morgan fingerprint density at radius 1 is 1.32 bits per heavy atom. The zero-order chi connectivity index (χ0) is 14.2. The molecule has 0 aliphatic heterocycles. The average molecular weight is 343 g/mol. The third-order valence-electron chi connectivity index (χ3n) is 3.08. The first-order valence-corrected chi connectivity index (χ1v) is 8.70. The first kappa shape index (κ1) is 15.4. The van der Waals surface area contributed by atoms with Crippen molar-refractivity contribution in [1.82, 2.24) is 4.31 Å². The summed E-state index contributed by atoms with van der Waals surface area (Å²) in [6.07, 6.45) is 1.79. The van der Waals surface area contributed by atoms with Crippen molar-refractivity contribution in [1.29, 1.82) is 0 Å². The van der Waals surface area contributed by atoms with Gasteiger partial charge in [-0.05, 0) is 30.5 Å². The minimum absolute atomic E-state index is 0.0473. The van der Waals surface area contributed by atoms with Gasteiger partial charge in [-0.3, -0.25) is 0 Å². The summed E-state index contributed by atoms with van der Waals surface area (Å²) in [6, 6.07) is 3.06. The van der Waals surface area contributed by atoms with Gasteiger partial charge in [0.25, 0.3) is 0 Å². The molecule has 2 rings (SSSR count). The molecule has 0 bridgehead atoms. The van der Waals surface area contributed by atoms with Crippen LogP contribution in [0.4, 0.5) is 0 Å². The number of sulfonamides is 1. The smallest absolute Gasteiger partial charge is 0.207 e. The van der Waals surface area contributed by atoms with E-state index < -0.39 is 10.0 Å². The van der Waals surface area contributed by atoms with Gasteiger partial charge < -0.3 is 0 Å². The lowest BCUT2D eigenvalue weighted by Gasteiger charge is -2.21. The molecule has 0 heterocycles. The molecule has 1 aliphatic carbocycles. The van der Waals surface area contributed by atoms with Crippen molar-refractivity contribution in [2.75, 3.05) is 6.54 Å². The van der Waals surface area contributed by atoms with Gasteiger partial charge in [-0.1, -0.05) is 30.1 Å². The Bertz CT molecular complexity index is 585. The molecule has 1 aliphatic rings. The van der Waals surface area contributed by atoms with Crippen LogP contribution in [0.25, 0.3) is 0 Å². The molecule has 1 aromatic rings. The van der Waals surface area contributed by atoms with E-state index in [4.69, 9.17) is 34.8 Å². The Labute approximate surface area is 128 Å². The number of hydrogen-bond donors (Lipinski definition) is 0. The molecule has 106 valence electrons. The van der Waals surface area contributed by atoms with Crippen molar-refractivity contribution >= 4 is 44.8 Å². The van der Waals surface area contributed by atoms with Gasteiger partial charge in [0, 0.05) is 23.5 Å². The molecular formula is C12H14Cl3NO2S. The van der Waals surface area contributed by atoms with E-state index in [2.05, 4.69) is 0 Å². The molecule has 0 unspecified atom stereocenters. The second-order valence-corrected chi connectivity index (χ2v) is 7.39. The number of hydrogen-bond acceptors (Lipinski definition) is 2. The van der Waals surface area contributed by atoms with Crippen LogP contribution < -0.4 is 0 Å². The summed E-state index contributed by atoms with van der Waals surface area (Å²) < 4.78 is 26.7. The topological polar surface area (TPSA) is 37.4 Å². The summed E-state index contributed by atoms with van der Waals surface area (Å²) in [7, 11) is -3.62. The van der Waals surface area contributed by atoms with Gasteiger partial charge in [-0.25, -0.2) is 8.42 Å². The number of alkyl halides is 1. The third kappa shape index (κ3) is 3.03. The zero-order valence-corrected chi connectivity index (χ0v) is 13.5. The zero-order valence-electron chi connectivity index (χ0n) is 10.4. The molecule has 0 amide bonds. The summed E-state index contributed by atoms with van der Waals surface area (Å²) in [5, 5.41) is 0.490. The Morgan fingerprint density at radius 2 is 1.95 bits per heavy atom. The number of nitrogens with zero attached hydrogens (tertiary/aromatic N) is 1. The van der Waals surface area contributed by atoms with E-state index in [0.717, 1.165) is 12.8 Å². The van der Waals surface area contributed by atoms with Crippen LogP contribution in [0.5, 0.6) is 0 Å². The Balaban J connectivity index is 2.53. The van der Waals surface area contributed by atoms with E-state index >= 15 is 0 Å². The molecule has 0 aromatic heterocycles. The molecule has 0 radical (unpaired) electrons. The van der Waals surface area contributed by atoms with Gasteiger partial charge in [-0.2, -0.15) is 4.31 Å². The largest absolute Gasteiger partial charge is 0.244 e. The predicted molar refractivity (Wildman–Crippen MR) is 78.6 cm³/mol. The fourth-order valence-corrected chi connectivity index (χ4v) is 4.90. The van der Waals surface area contributed by atoms with Crippen LogP contribution in [0, 0.1) is 0 Å². The summed E-state index contributed by atoms with van der Waals surface area (Å²) in [4.78, 5) is 0.0473. The van der Waals surface area contributed by atoms with Gasteiger partial charge in [0.2, 0.25) is 10.0 Å². The molecule has 1 aromatic carbocycles. The van der Waals surface area contributed by atoms with E-state index in [0.29, 0.717) is 17.1 Å². The second kappa shape index (κ2) is 5.78. The number of benzene rings is 1. The summed E-state index contributed by atoms with van der Waals surface area (Å²) in [5.74, 6) is 0.122. The van der Waals surface area contributed by atoms with Gasteiger partial charge in [0.1, 0.15) is 4.90 Å². The average Bonchev–Trinajstić information content (AvgIpc) is 3.16. The molecule has 1 fully saturated rings. The van der Waals surface area contributed by atoms with Crippen LogP contribution in [0.15, 0.2) is 17.0 Å².